The van der Waals surface area contributed by atoms with Crippen molar-refractivity contribution in [1.82, 2.24) is 4.98 Å². The van der Waals surface area contributed by atoms with Crippen LogP contribution in [0.5, 0.6) is 5.75 Å². The third-order valence-corrected chi connectivity index (χ3v) is 4.13. The van der Waals surface area contributed by atoms with Gasteiger partial charge < -0.3 is 4.74 Å². The second-order valence-electron chi connectivity index (χ2n) is 5.23. The van der Waals surface area contributed by atoms with Crippen molar-refractivity contribution < 1.29 is 18.3 Å². The molecule has 1 aromatic heterocycles. The van der Waals surface area contributed by atoms with Crippen LogP contribution in [-0.4, -0.2) is 17.0 Å². The summed E-state index contributed by atoms with van der Waals surface area (Å²) in [5, 5.41) is 4.67. The highest BCUT2D eigenvalue weighted by Gasteiger charge is 2.17. The number of halogens is 2. The van der Waals surface area contributed by atoms with E-state index in [1.807, 2.05) is 18.2 Å². The van der Waals surface area contributed by atoms with Gasteiger partial charge in [0.15, 0.2) is 22.9 Å². The van der Waals surface area contributed by atoms with Gasteiger partial charge in [-0.2, -0.15) is 0 Å². The fraction of sp³-hybridized carbons (Fsp3) is 0.111. The first kappa shape index (κ1) is 17.0. The van der Waals surface area contributed by atoms with E-state index in [0.29, 0.717) is 22.1 Å². The Morgan fingerprint density at radius 1 is 1.16 bits per heavy atom. The predicted octanol–water partition coefficient (Wildman–Crippen LogP) is 4.49. The lowest BCUT2D eigenvalue weighted by Gasteiger charge is -2.13. The fourth-order valence-electron chi connectivity index (χ4n) is 2.08. The zero-order valence-electron chi connectivity index (χ0n) is 13.2. The second kappa shape index (κ2) is 7.40. The van der Waals surface area contributed by atoms with Crippen molar-refractivity contribution in [3.8, 4) is 17.0 Å². The first-order valence-electron chi connectivity index (χ1n) is 7.46. The van der Waals surface area contributed by atoms with Gasteiger partial charge in [-0.05, 0) is 37.3 Å². The molecule has 2 aromatic carbocycles. The normalized spacial score (nSPS) is 11.8. The second-order valence-corrected chi connectivity index (χ2v) is 6.09. The molecule has 25 heavy (non-hydrogen) atoms. The van der Waals surface area contributed by atoms with Crippen LogP contribution in [0.15, 0.2) is 53.9 Å². The number of carbonyl (C=O) groups excluding carboxylic acids is 1. The molecule has 1 atom stereocenters. The van der Waals surface area contributed by atoms with Crippen molar-refractivity contribution in [3.63, 3.8) is 0 Å². The van der Waals surface area contributed by atoms with E-state index in [1.54, 1.807) is 24.4 Å². The number of thiazole rings is 1. The molecular weight excluding hydrogens is 346 g/mol. The van der Waals surface area contributed by atoms with Gasteiger partial charge >= 0.3 is 0 Å². The summed E-state index contributed by atoms with van der Waals surface area (Å²) < 4.78 is 31.8. The van der Waals surface area contributed by atoms with Crippen molar-refractivity contribution in [2.75, 3.05) is 5.32 Å². The molecule has 7 heteroatoms. The number of ether oxygens (including phenoxy) is 1. The summed E-state index contributed by atoms with van der Waals surface area (Å²) in [6.07, 6.45) is -0.710. The molecule has 3 aromatic rings. The summed E-state index contributed by atoms with van der Waals surface area (Å²) in [4.78, 5) is 16.4. The molecule has 3 rings (SSSR count). The highest BCUT2D eigenvalue weighted by atomic mass is 32.1. The van der Waals surface area contributed by atoms with Crippen LogP contribution in [0.3, 0.4) is 0 Å². The van der Waals surface area contributed by atoms with Crippen LogP contribution >= 0.6 is 11.3 Å². The summed E-state index contributed by atoms with van der Waals surface area (Å²) in [5.74, 6) is -1.62. The minimum Gasteiger partial charge on any atom is -0.481 e. The van der Waals surface area contributed by atoms with Crippen molar-refractivity contribution in [2.45, 2.75) is 13.0 Å². The molecule has 0 fully saturated rings. The summed E-state index contributed by atoms with van der Waals surface area (Å²) in [6, 6.07) is 12.5. The number of benzene rings is 2. The smallest absolute Gasteiger partial charge is 0.266 e. The van der Waals surface area contributed by atoms with Gasteiger partial charge in [0, 0.05) is 10.9 Å². The van der Waals surface area contributed by atoms with E-state index in [0.717, 1.165) is 12.1 Å². The number of amides is 1. The van der Waals surface area contributed by atoms with Gasteiger partial charge in [0.05, 0.1) is 5.69 Å². The fourth-order valence-corrected chi connectivity index (χ4v) is 2.81. The molecule has 0 aliphatic rings. The van der Waals surface area contributed by atoms with E-state index < -0.39 is 17.7 Å². The highest BCUT2D eigenvalue weighted by Crippen LogP contribution is 2.26. The first-order chi connectivity index (χ1) is 12.0. The Bertz CT molecular complexity index is 884. The quantitative estimate of drug-likeness (QED) is 0.729. The van der Waals surface area contributed by atoms with Crippen LogP contribution in [0.1, 0.15) is 6.92 Å². The van der Waals surface area contributed by atoms with E-state index in [-0.39, 0.29) is 5.91 Å². The van der Waals surface area contributed by atoms with E-state index in [4.69, 9.17) is 4.74 Å². The van der Waals surface area contributed by atoms with Crippen molar-refractivity contribution in [3.05, 3.63) is 65.5 Å². The molecular formula is C18H14F2N2O2S. The maximum Gasteiger partial charge on any atom is 0.266 e. The third-order valence-electron chi connectivity index (χ3n) is 3.37. The summed E-state index contributed by atoms with van der Waals surface area (Å²) in [6.45, 7) is 1.63. The molecule has 1 N–H and O–H groups in total. The van der Waals surface area contributed by atoms with Gasteiger partial charge in [0.25, 0.3) is 5.91 Å². The summed E-state index contributed by atoms with van der Waals surface area (Å²) in [5.41, 5.74) is 0.889. The number of nitrogens with one attached hydrogen (secondary N) is 1. The zero-order valence-corrected chi connectivity index (χ0v) is 14.0. The zero-order chi connectivity index (χ0) is 17.8. The molecule has 0 radical (unpaired) electrons. The maximum atomic E-state index is 13.3. The number of rotatable bonds is 5. The lowest BCUT2D eigenvalue weighted by molar-refractivity contribution is -0.122. The molecule has 1 amide bonds. The van der Waals surface area contributed by atoms with Gasteiger partial charge in [-0.1, -0.05) is 18.2 Å². The molecule has 1 heterocycles. The maximum absolute atomic E-state index is 13.3. The molecule has 0 saturated heterocycles. The topological polar surface area (TPSA) is 51.2 Å². The Labute approximate surface area is 147 Å². The summed E-state index contributed by atoms with van der Waals surface area (Å²) >= 11 is 1.19. The molecule has 0 bridgehead atoms. The molecule has 128 valence electrons. The largest absolute Gasteiger partial charge is 0.481 e. The molecule has 0 unspecified atom stereocenters. The number of hydrogen-bond donors (Lipinski definition) is 1. The summed E-state index contributed by atoms with van der Waals surface area (Å²) in [7, 11) is 0. The van der Waals surface area contributed by atoms with Gasteiger partial charge in [-0.25, -0.2) is 13.8 Å². The predicted molar refractivity (Wildman–Crippen MR) is 92.6 cm³/mol. The van der Waals surface area contributed by atoms with E-state index >= 15 is 0 Å². The minimum atomic E-state index is -0.944. The van der Waals surface area contributed by atoms with E-state index in [2.05, 4.69) is 10.3 Å². The average molecular weight is 360 g/mol. The van der Waals surface area contributed by atoms with Crippen LogP contribution in [0.25, 0.3) is 11.3 Å². The van der Waals surface area contributed by atoms with E-state index in [9.17, 15) is 13.6 Å². The van der Waals surface area contributed by atoms with Gasteiger partial charge in [0.1, 0.15) is 5.75 Å². The van der Waals surface area contributed by atoms with Crippen LogP contribution in [0, 0.1) is 11.6 Å². The van der Waals surface area contributed by atoms with Crippen molar-refractivity contribution in [2.24, 2.45) is 0 Å². The van der Waals surface area contributed by atoms with Gasteiger partial charge in [0.2, 0.25) is 0 Å². The monoisotopic (exact) mass is 360 g/mol. The lowest BCUT2D eigenvalue weighted by Crippen LogP contribution is -2.30. The van der Waals surface area contributed by atoms with Gasteiger partial charge in [-0.15, -0.1) is 11.3 Å². The van der Waals surface area contributed by atoms with Crippen LogP contribution in [0.4, 0.5) is 13.9 Å². The molecule has 0 aliphatic carbocycles. The van der Waals surface area contributed by atoms with Crippen LogP contribution in [0.2, 0.25) is 0 Å². The molecule has 0 saturated carbocycles. The third kappa shape index (κ3) is 4.19. The minimum absolute atomic E-state index is 0.352. The first-order valence-corrected chi connectivity index (χ1v) is 8.34. The van der Waals surface area contributed by atoms with Gasteiger partial charge in [-0.3, -0.25) is 10.1 Å². The molecule has 0 spiro atoms. The Balaban J connectivity index is 1.66. The van der Waals surface area contributed by atoms with Crippen molar-refractivity contribution >= 4 is 22.4 Å². The number of hydrogen-bond acceptors (Lipinski definition) is 4. The van der Waals surface area contributed by atoms with E-state index in [1.165, 1.54) is 17.4 Å². The standard InChI is InChI=1S/C18H14F2N2O2S/c1-11(24-13-5-3-2-4-6-13)17(23)22-18-21-16(10-25-18)12-7-8-14(19)15(20)9-12/h2-11H,1H3,(H,21,22,23)/t11-/m1/s1. The number of anilines is 1. The number of carbonyl (C=O) groups is 1. The number of aromatic nitrogens is 1. The average Bonchev–Trinajstić information content (AvgIpc) is 3.06. The molecule has 0 aliphatic heterocycles. The van der Waals surface area contributed by atoms with Crippen LogP contribution in [-0.2, 0) is 4.79 Å². The van der Waals surface area contributed by atoms with Crippen molar-refractivity contribution in [1.29, 1.82) is 0 Å². The SMILES string of the molecule is C[C@@H](Oc1ccccc1)C(=O)Nc1nc(-c2ccc(F)c(F)c2)cs1. The Morgan fingerprint density at radius 2 is 1.92 bits per heavy atom. The Kier molecular flexibility index (Phi) is 5.04. The Morgan fingerprint density at radius 3 is 2.64 bits per heavy atom. The number of nitrogens with zero attached hydrogens (tertiary/aromatic N) is 1. The number of para-hydroxylation sites is 1. The highest BCUT2D eigenvalue weighted by molar-refractivity contribution is 7.14. The lowest BCUT2D eigenvalue weighted by atomic mass is 10.2. The Hall–Kier alpha value is -2.80. The molecule has 4 nitrogen and oxygen atoms in total. The van der Waals surface area contributed by atoms with Crippen LogP contribution < -0.4 is 10.1 Å².